The normalized spacial score (nSPS) is 10.8. The number of benzene rings is 2. The summed E-state index contributed by atoms with van der Waals surface area (Å²) in [5.74, 6) is -0.915. The Morgan fingerprint density at radius 2 is 1.95 bits per heavy atom. The Morgan fingerprint density at radius 3 is 2.70 bits per heavy atom. The number of aromatic carboxylic acids is 1. The smallest absolute Gasteiger partial charge is 0.337 e. The first-order valence-corrected chi connectivity index (χ1v) is 6.58. The van der Waals surface area contributed by atoms with Crippen LogP contribution in [0.2, 0.25) is 5.02 Å². The topological polar surface area (TPSA) is 42.2 Å². The van der Waals surface area contributed by atoms with Crippen molar-refractivity contribution in [3.05, 3.63) is 70.9 Å². The van der Waals surface area contributed by atoms with E-state index in [-0.39, 0.29) is 0 Å². The molecule has 1 N–H and O–H groups in total. The molecule has 0 fully saturated rings. The molecule has 3 nitrogen and oxygen atoms in total. The Balaban J connectivity index is 2.10. The van der Waals surface area contributed by atoms with Gasteiger partial charge in [-0.25, -0.2) is 4.79 Å². The Bertz CT molecular complexity index is 792. The lowest BCUT2D eigenvalue weighted by atomic mass is 10.1. The van der Waals surface area contributed by atoms with E-state index in [1.807, 2.05) is 47.2 Å². The lowest BCUT2D eigenvalue weighted by Crippen LogP contribution is -2.04. The molecule has 0 spiro atoms. The molecule has 100 valence electrons. The first-order chi connectivity index (χ1) is 9.65. The summed E-state index contributed by atoms with van der Waals surface area (Å²) in [5.41, 5.74) is 2.09. The van der Waals surface area contributed by atoms with Crippen LogP contribution in [0.25, 0.3) is 10.9 Å². The fourth-order valence-corrected chi connectivity index (χ4v) is 2.61. The Kier molecular flexibility index (Phi) is 3.20. The van der Waals surface area contributed by atoms with Crippen LogP contribution in [0.1, 0.15) is 15.9 Å². The van der Waals surface area contributed by atoms with E-state index < -0.39 is 5.97 Å². The van der Waals surface area contributed by atoms with Gasteiger partial charge >= 0.3 is 5.97 Å². The maximum atomic E-state index is 11.3. The Labute approximate surface area is 121 Å². The minimum Gasteiger partial charge on any atom is -0.478 e. The minimum absolute atomic E-state index is 0.314. The number of fused-ring (bicyclic) bond motifs is 1. The highest BCUT2D eigenvalue weighted by Gasteiger charge is 2.12. The predicted molar refractivity (Wildman–Crippen MR) is 79.5 cm³/mol. The number of para-hydroxylation sites is 1. The van der Waals surface area contributed by atoms with Crippen LogP contribution in [0.5, 0.6) is 0 Å². The van der Waals surface area contributed by atoms with Crippen molar-refractivity contribution in [2.45, 2.75) is 6.54 Å². The van der Waals surface area contributed by atoms with Gasteiger partial charge in [0.1, 0.15) is 0 Å². The van der Waals surface area contributed by atoms with Gasteiger partial charge in [-0.1, -0.05) is 35.9 Å². The van der Waals surface area contributed by atoms with Gasteiger partial charge < -0.3 is 9.67 Å². The molecule has 0 saturated carbocycles. The zero-order chi connectivity index (χ0) is 14.1. The van der Waals surface area contributed by atoms with E-state index in [4.69, 9.17) is 11.6 Å². The largest absolute Gasteiger partial charge is 0.478 e. The maximum absolute atomic E-state index is 11.3. The SMILES string of the molecule is O=C(O)c1cccc2ccn(Cc3cccc(Cl)c3)c12. The molecule has 0 aliphatic carbocycles. The number of nitrogens with zero attached hydrogens (tertiary/aromatic N) is 1. The van der Waals surface area contributed by atoms with Gasteiger partial charge in [-0.05, 0) is 29.8 Å². The number of hydrogen-bond acceptors (Lipinski definition) is 1. The van der Waals surface area contributed by atoms with E-state index in [9.17, 15) is 9.90 Å². The molecule has 0 saturated heterocycles. The zero-order valence-electron chi connectivity index (χ0n) is 10.6. The number of aromatic nitrogens is 1. The quantitative estimate of drug-likeness (QED) is 0.789. The van der Waals surface area contributed by atoms with Crippen LogP contribution in [-0.2, 0) is 6.54 Å². The lowest BCUT2D eigenvalue weighted by molar-refractivity contribution is 0.0698. The van der Waals surface area contributed by atoms with Crippen LogP contribution in [0.3, 0.4) is 0 Å². The van der Waals surface area contributed by atoms with E-state index in [0.717, 1.165) is 16.5 Å². The van der Waals surface area contributed by atoms with Gasteiger partial charge in [-0.3, -0.25) is 0 Å². The molecule has 1 heterocycles. The van der Waals surface area contributed by atoms with Crippen molar-refractivity contribution in [2.24, 2.45) is 0 Å². The second-order valence-electron chi connectivity index (χ2n) is 4.62. The number of carboxylic acid groups (broad SMARTS) is 1. The van der Waals surface area contributed by atoms with E-state index in [2.05, 4.69) is 0 Å². The number of rotatable bonds is 3. The molecular weight excluding hydrogens is 274 g/mol. The molecule has 0 bridgehead atoms. The molecule has 3 rings (SSSR count). The summed E-state index contributed by atoms with van der Waals surface area (Å²) in [6.45, 7) is 0.592. The third kappa shape index (κ3) is 2.28. The van der Waals surface area contributed by atoms with Crippen LogP contribution in [0, 0.1) is 0 Å². The average molecular weight is 286 g/mol. The fraction of sp³-hybridized carbons (Fsp3) is 0.0625. The first-order valence-electron chi connectivity index (χ1n) is 6.21. The summed E-state index contributed by atoms with van der Waals surface area (Å²) in [6.07, 6.45) is 1.90. The van der Waals surface area contributed by atoms with Crippen LogP contribution < -0.4 is 0 Å². The zero-order valence-corrected chi connectivity index (χ0v) is 11.3. The summed E-state index contributed by atoms with van der Waals surface area (Å²) >= 11 is 5.98. The van der Waals surface area contributed by atoms with Gasteiger partial charge in [0.15, 0.2) is 0 Å². The van der Waals surface area contributed by atoms with Crippen LogP contribution in [0.4, 0.5) is 0 Å². The number of carbonyl (C=O) groups is 1. The highest BCUT2D eigenvalue weighted by atomic mass is 35.5. The molecule has 0 aliphatic heterocycles. The van der Waals surface area contributed by atoms with Gasteiger partial charge in [-0.2, -0.15) is 0 Å². The molecule has 0 radical (unpaired) electrons. The van der Waals surface area contributed by atoms with Crippen LogP contribution in [0.15, 0.2) is 54.7 Å². The van der Waals surface area contributed by atoms with Crippen LogP contribution in [-0.4, -0.2) is 15.6 Å². The summed E-state index contributed by atoms with van der Waals surface area (Å²) in [6, 6.07) is 14.8. The summed E-state index contributed by atoms with van der Waals surface area (Å²) in [7, 11) is 0. The molecule has 20 heavy (non-hydrogen) atoms. The standard InChI is InChI=1S/C16H12ClNO2/c17-13-5-1-3-11(9-13)10-18-8-7-12-4-2-6-14(15(12)18)16(19)20/h1-9H,10H2,(H,19,20). The minimum atomic E-state index is -0.915. The van der Waals surface area contributed by atoms with Gasteiger partial charge in [0.2, 0.25) is 0 Å². The number of carboxylic acids is 1. The number of hydrogen-bond donors (Lipinski definition) is 1. The maximum Gasteiger partial charge on any atom is 0.337 e. The summed E-state index contributed by atoms with van der Waals surface area (Å²) in [4.78, 5) is 11.3. The molecular formula is C16H12ClNO2. The van der Waals surface area contributed by atoms with E-state index in [1.165, 1.54) is 0 Å². The summed E-state index contributed by atoms with van der Waals surface area (Å²) in [5, 5.41) is 10.9. The van der Waals surface area contributed by atoms with Crippen molar-refractivity contribution >= 4 is 28.5 Å². The molecule has 4 heteroatoms. The Morgan fingerprint density at radius 1 is 1.15 bits per heavy atom. The van der Waals surface area contributed by atoms with Gasteiger partial charge in [-0.15, -0.1) is 0 Å². The molecule has 2 aromatic carbocycles. The number of halogens is 1. The highest BCUT2D eigenvalue weighted by molar-refractivity contribution is 6.30. The third-order valence-corrected chi connectivity index (χ3v) is 3.50. The van der Waals surface area contributed by atoms with Gasteiger partial charge in [0, 0.05) is 23.2 Å². The fourth-order valence-electron chi connectivity index (χ4n) is 2.40. The lowest BCUT2D eigenvalue weighted by Gasteiger charge is -2.08. The van der Waals surface area contributed by atoms with Crippen molar-refractivity contribution in [1.29, 1.82) is 0 Å². The molecule has 0 atom stereocenters. The van der Waals surface area contributed by atoms with Crippen molar-refractivity contribution in [2.75, 3.05) is 0 Å². The first kappa shape index (κ1) is 12.8. The van der Waals surface area contributed by atoms with E-state index in [1.54, 1.807) is 12.1 Å². The molecule has 0 aliphatic rings. The van der Waals surface area contributed by atoms with Gasteiger partial charge in [0.25, 0.3) is 0 Å². The van der Waals surface area contributed by atoms with E-state index >= 15 is 0 Å². The highest BCUT2D eigenvalue weighted by Crippen LogP contribution is 2.22. The van der Waals surface area contributed by atoms with Crippen molar-refractivity contribution in [1.82, 2.24) is 4.57 Å². The predicted octanol–water partition coefficient (Wildman–Crippen LogP) is 4.04. The molecule has 0 amide bonds. The third-order valence-electron chi connectivity index (χ3n) is 3.26. The second-order valence-corrected chi connectivity index (χ2v) is 5.06. The van der Waals surface area contributed by atoms with E-state index in [0.29, 0.717) is 17.1 Å². The molecule has 1 aromatic heterocycles. The van der Waals surface area contributed by atoms with Gasteiger partial charge in [0.05, 0.1) is 11.1 Å². The van der Waals surface area contributed by atoms with Crippen molar-refractivity contribution < 1.29 is 9.90 Å². The van der Waals surface area contributed by atoms with Crippen molar-refractivity contribution in [3.8, 4) is 0 Å². The Hall–Kier alpha value is -2.26. The van der Waals surface area contributed by atoms with Crippen LogP contribution >= 0.6 is 11.6 Å². The molecule has 3 aromatic rings. The van der Waals surface area contributed by atoms with Crippen molar-refractivity contribution in [3.63, 3.8) is 0 Å². The molecule has 0 unspecified atom stereocenters. The average Bonchev–Trinajstić information content (AvgIpc) is 2.82. The monoisotopic (exact) mass is 285 g/mol. The summed E-state index contributed by atoms with van der Waals surface area (Å²) < 4.78 is 1.93. The second kappa shape index (κ2) is 5.02.